The molecule has 0 aromatic heterocycles. The summed E-state index contributed by atoms with van der Waals surface area (Å²) in [5.41, 5.74) is 0. The van der Waals surface area contributed by atoms with Crippen molar-refractivity contribution in [2.24, 2.45) is 5.92 Å². The van der Waals surface area contributed by atoms with Crippen LogP contribution in [0.1, 0.15) is 188 Å². The van der Waals surface area contributed by atoms with Gasteiger partial charge in [0.05, 0.1) is 6.61 Å². The number of carbonyl (C=O) groups is 3. The number of carbonyl (C=O) groups excluding carboxylic acids is 3. The van der Waals surface area contributed by atoms with Crippen molar-refractivity contribution in [2.75, 3.05) is 13.2 Å². The number of hydrogen-bond donors (Lipinski definition) is 1. The minimum atomic E-state index is -0.862. The van der Waals surface area contributed by atoms with Gasteiger partial charge in [-0.3, -0.25) is 14.4 Å². The van der Waals surface area contributed by atoms with Crippen LogP contribution in [-0.2, 0) is 23.9 Å². The molecule has 0 rings (SSSR count). The number of ketones is 1. The summed E-state index contributed by atoms with van der Waals surface area (Å²) < 4.78 is 10.5. The van der Waals surface area contributed by atoms with Gasteiger partial charge in [0.1, 0.15) is 6.61 Å². The molecule has 0 heterocycles. The minimum Gasteiger partial charge on any atom is -0.462 e. The molecule has 0 saturated carbocycles. The number of ether oxygens (including phenoxy) is 2. The molecule has 6 heteroatoms. The first-order chi connectivity index (χ1) is 24.4. The Hall–Kier alpha value is -2.47. The summed E-state index contributed by atoms with van der Waals surface area (Å²) in [5.74, 6) is -0.00114. The fraction of sp³-hybridized carbons (Fsp3) is 0.750. The molecule has 2 atom stereocenters. The molecule has 0 bridgehead atoms. The molecule has 0 saturated heterocycles. The van der Waals surface area contributed by atoms with Crippen molar-refractivity contribution in [3.8, 4) is 0 Å². The van der Waals surface area contributed by atoms with Gasteiger partial charge in [0.15, 0.2) is 11.9 Å². The zero-order chi connectivity index (χ0) is 36.8. The van der Waals surface area contributed by atoms with Crippen LogP contribution < -0.4 is 0 Å². The first-order valence-corrected chi connectivity index (χ1v) is 20.5. The predicted molar refractivity (Wildman–Crippen MR) is 210 cm³/mol. The van der Waals surface area contributed by atoms with Crippen LogP contribution >= 0.6 is 0 Å². The van der Waals surface area contributed by atoms with E-state index in [4.69, 9.17) is 9.47 Å². The SMILES string of the molecule is CCCCC/C=C\C/C=C\C/C=C\C=C\C(=O)CCCC(=O)OC[C@H](CO)OC(=O)CCCCCCCCCCCCCCCCC(C)CC. The largest absolute Gasteiger partial charge is 0.462 e. The summed E-state index contributed by atoms with van der Waals surface area (Å²) in [6, 6.07) is 0. The van der Waals surface area contributed by atoms with Crippen LogP contribution in [-0.4, -0.2) is 42.1 Å². The highest BCUT2D eigenvalue weighted by atomic mass is 16.6. The monoisotopic (exact) mass is 701 g/mol. The van der Waals surface area contributed by atoms with Crippen LogP contribution in [0.4, 0.5) is 0 Å². The molecule has 0 spiro atoms. The van der Waals surface area contributed by atoms with Gasteiger partial charge >= 0.3 is 11.9 Å². The van der Waals surface area contributed by atoms with Gasteiger partial charge in [-0.2, -0.15) is 0 Å². The lowest BCUT2D eigenvalue weighted by molar-refractivity contribution is -0.161. The number of unbranched alkanes of at least 4 members (excludes halogenated alkanes) is 16. The molecule has 1 unspecified atom stereocenters. The third-order valence-corrected chi connectivity index (χ3v) is 9.14. The maximum Gasteiger partial charge on any atom is 0.306 e. The second kappa shape index (κ2) is 37.8. The first kappa shape index (κ1) is 47.5. The number of esters is 2. The van der Waals surface area contributed by atoms with Gasteiger partial charge in [-0.15, -0.1) is 0 Å². The van der Waals surface area contributed by atoms with Crippen molar-refractivity contribution in [2.45, 2.75) is 194 Å². The Labute approximate surface area is 307 Å². The number of allylic oxidation sites excluding steroid dienone is 8. The molecule has 0 amide bonds. The molecule has 0 aromatic rings. The number of rotatable bonds is 36. The smallest absolute Gasteiger partial charge is 0.306 e. The topological polar surface area (TPSA) is 89.9 Å². The van der Waals surface area contributed by atoms with Crippen molar-refractivity contribution in [1.82, 2.24) is 0 Å². The summed E-state index contributed by atoms with van der Waals surface area (Å²) in [5, 5.41) is 9.55. The second-order valence-corrected chi connectivity index (χ2v) is 14.0. The molecular formula is C44H76O6. The molecule has 0 aliphatic carbocycles. The van der Waals surface area contributed by atoms with E-state index in [9.17, 15) is 19.5 Å². The van der Waals surface area contributed by atoms with Crippen molar-refractivity contribution in [1.29, 1.82) is 0 Å². The average Bonchev–Trinajstić information content (AvgIpc) is 3.11. The Morgan fingerprint density at radius 1 is 0.600 bits per heavy atom. The van der Waals surface area contributed by atoms with E-state index in [1.54, 1.807) is 6.08 Å². The van der Waals surface area contributed by atoms with E-state index in [1.807, 2.05) is 12.2 Å². The quantitative estimate of drug-likeness (QED) is 0.0230. The maximum absolute atomic E-state index is 12.2. The van der Waals surface area contributed by atoms with Crippen LogP contribution in [0.3, 0.4) is 0 Å². The van der Waals surface area contributed by atoms with Crippen LogP contribution in [0.15, 0.2) is 48.6 Å². The Bertz CT molecular complexity index is 917. The predicted octanol–water partition coefficient (Wildman–Crippen LogP) is 12.0. The van der Waals surface area contributed by atoms with Gasteiger partial charge in [0, 0.05) is 19.3 Å². The molecule has 0 fully saturated rings. The Balaban J connectivity index is 3.73. The molecular weight excluding hydrogens is 624 g/mol. The molecule has 0 aromatic carbocycles. The van der Waals surface area contributed by atoms with Crippen LogP contribution in [0.25, 0.3) is 0 Å². The van der Waals surface area contributed by atoms with E-state index in [0.717, 1.165) is 44.4 Å². The van der Waals surface area contributed by atoms with Crippen molar-refractivity contribution in [3.05, 3.63) is 48.6 Å². The van der Waals surface area contributed by atoms with E-state index in [1.165, 1.54) is 109 Å². The van der Waals surface area contributed by atoms with Crippen molar-refractivity contribution in [3.63, 3.8) is 0 Å². The van der Waals surface area contributed by atoms with E-state index < -0.39 is 18.7 Å². The van der Waals surface area contributed by atoms with E-state index in [2.05, 4.69) is 45.1 Å². The fourth-order valence-corrected chi connectivity index (χ4v) is 5.60. The molecule has 0 aliphatic rings. The molecule has 50 heavy (non-hydrogen) atoms. The molecule has 6 nitrogen and oxygen atoms in total. The van der Waals surface area contributed by atoms with Crippen LogP contribution in [0, 0.1) is 5.92 Å². The van der Waals surface area contributed by atoms with E-state index >= 15 is 0 Å². The lowest BCUT2D eigenvalue weighted by Gasteiger charge is -2.15. The highest BCUT2D eigenvalue weighted by Crippen LogP contribution is 2.16. The molecule has 288 valence electrons. The van der Waals surface area contributed by atoms with Crippen LogP contribution in [0.5, 0.6) is 0 Å². The summed E-state index contributed by atoms with van der Waals surface area (Å²) in [6.07, 6.45) is 43.1. The number of aliphatic hydroxyl groups excluding tert-OH is 1. The Kier molecular flexibility index (Phi) is 35.9. The Morgan fingerprint density at radius 2 is 1.16 bits per heavy atom. The first-order valence-electron chi connectivity index (χ1n) is 20.5. The lowest BCUT2D eigenvalue weighted by Crippen LogP contribution is -2.28. The third-order valence-electron chi connectivity index (χ3n) is 9.14. The normalized spacial score (nSPS) is 13.2. The van der Waals surface area contributed by atoms with Gasteiger partial charge in [0.2, 0.25) is 0 Å². The van der Waals surface area contributed by atoms with Gasteiger partial charge in [-0.25, -0.2) is 0 Å². The van der Waals surface area contributed by atoms with E-state index in [-0.39, 0.29) is 31.2 Å². The summed E-state index contributed by atoms with van der Waals surface area (Å²) in [6.45, 7) is 6.28. The van der Waals surface area contributed by atoms with Gasteiger partial charge in [-0.1, -0.05) is 172 Å². The standard InChI is InChI=1S/C44H76O6/c1-4-6-7-8-9-10-11-14-18-21-24-27-30-34-41(46)35-32-37-43(47)49-39-42(38-45)50-44(48)36-31-28-25-22-19-16-13-12-15-17-20-23-26-29-33-40(3)5-2/h9-10,14,18,24,27,30,34,40,42,45H,4-8,11-13,15-17,19-23,25-26,28-29,31-33,35-39H2,1-3H3/b10-9-,18-14-,27-24-,34-30+/t40?,42-/m0/s1. The summed E-state index contributed by atoms with van der Waals surface area (Å²) in [4.78, 5) is 36.3. The third kappa shape index (κ3) is 35.4. The van der Waals surface area contributed by atoms with E-state index in [0.29, 0.717) is 12.8 Å². The molecule has 0 radical (unpaired) electrons. The number of hydrogen-bond acceptors (Lipinski definition) is 6. The zero-order valence-electron chi connectivity index (χ0n) is 32.6. The van der Waals surface area contributed by atoms with Gasteiger partial charge in [0.25, 0.3) is 0 Å². The minimum absolute atomic E-state index is 0.0486. The Morgan fingerprint density at radius 3 is 1.76 bits per heavy atom. The van der Waals surface area contributed by atoms with Crippen LogP contribution in [0.2, 0.25) is 0 Å². The zero-order valence-corrected chi connectivity index (χ0v) is 32.6. The maximum atomic E-state index is 12.2. The lowest BCUT2D eigenvalue weighted by atomic mass is 9.99. The highest BCUT2D eigenvalue weighted by molar-refractivity contribution is 5.90. The number of aliphatic hydroxyl groups is 1. The summed E-state index contributed by atoms with van der Waals surface area (Å²) in [7, 11) is 0. The van der Waals surface area contributed by atoms with Gasteiger partial charge in [-0.05, 0) is 50.5 Å². The van der Waals surface area contributed by atoms with Gasteiger partial charge < -0.3 is 14.6 Å². The fourth-order valence-electron chi connectivity index (χ4n) is 5.60. The van der Waals surface area contributed by atoms with Crippen molar-refractivity contribution < 1.29 is 29.0 Å². The van der Waals surface area contributed by atoms with Crippen molar-refractivity contribution >= 4 is 17.7 Å². The second-order valence-electron chi connectivity index (χ2n) is 14.0. The molecule has 0 aliphatic heterocycles. The molecule has 1 N–H and O–H groups in total. The summed E-state index contributed by atoms with van der Waals surface area (Å²) >= 11 is 0. The average molecular weight is 701 g/mol. The highest BCUT2D eigenvalue weighted by Gasteiger charge is 2.16.